The van der Waals surface area contributed by atoms with Crippen LogP contribution in [0.5, 0.6) is 5.75 Å². The van der Waals surface area contributed by atoms with Gasteiger partial charge in [-0.25, -0.2) is 0 Å². The molecule has 0 saturated heterocycles. The van der Waals surface area contributed by atoms with E-state index in [1.54, 1.807) is 29.2 Å². The molecule has 0 aliphatic heterocycles. The van der Waals surface area contributed by atoms with Gasteiger partial charge in [-0.05, 0) is 24.3 Å². The quantitative estimate of drug-likeness (QED) is 0.850. The van der Waals surface area contributed by atoms with E-state index in [0.717, 1.165) is 0 Å². The molecular weight excluding hydrogens is 284 g/mol. The van der Waals surface area contributed by atoms with Crippen LogP contribution in [0.3, 0.4) is 0 Å². The van der Waals surface area contributed by atoms with Crippen LogP contribution in [0.15, 0.2) is 24.3 Å². The zero-order chi connectivity index (χ0) is 16.1. The molecule has 1 aromatic heterocycles. The van der Waals surface area contributed by atoms with Crippen LogP contribution >= 0.6 is 0 Å². The molecule has 2 aromatic rings. The van der Waals surface area contributed by atoms with Crippen LogP contribution in [-0.4, -0.2) is 35.0 Å². The molecule has 0 saturated carbocycles. The Labute approximate surface area is 128 Å². The first-order valence-corrected chi connectivity index (χ1v) is 6.62. The highest BCUT2D eigenvalue weighted by atomic mass is 16.5. The Kier molecular flexibility index (Phi) is 4.72. The van der Waals surface area contributed by atoms with Gasteiger partial charge in [0.05, 0.1) is 0 Å². The number of aromatic nitrogens is 3. The molecule has 1 aromatic carbocycles. The van der Waals surface area contributed by atoms with Gasteiger partial charge in [-0.1, -0.05) is 0 Å². The normalized spacial score (nSPS) is 10.1. The fraction of sp³-hybridized carbons (Fsp3) is 0.286. The summed E-state index contributed by atoms with van der Waals surface area (Å²) in [6.45, 7) is 1.63. The van der Waals surface area contributed by atoms with Gasteiger partial charge in [-0.15, -0.1) is 0 Å². The topological polar surface area (TPSA) is 106 Å². The van der Waals surface area contributed by atoms with E-state index in [9.17, 15) is 4.79 Å². The predicted molar refractivity (Wildman–Crippen MR) is 83.6 cm³/mol. The molecule has 0 atom stereocenters. The van der Waals surface area contributed by atoms with Gasteiger partial charge in [0, 0.05) is 26.7 Å². The second kappa shape index (κ2) is 6.70. The lowest BCUT2D eigenvalue weighted by Gasteiger charge is -2.12. The van der Waals surface area contributed by atoms with E-state index in [0.29, 0.717) is 23.2 Å². The molecular formula is C14H18N6O2. The van der Waals surface area contributed by atoms with Crippen LogP contribution in [0.2, 0.25) is 0 Å². The van der Waals surface area contributed by atoms with Crippen LogP contribution in [0, 0.1) is 0 Å². The molecule has 0 radical (unpaired) electrons. The molecule has 0 aliphatic carbocycles. The number of benzene rings is 1. The lowest BCUT2D eigenvalue weighted by atomic mass is 10.3. The number of hydrogen-bond acceptors (Lipinski definition) is 7. The molecule has 116 valence electrons. The fourth-order valence-corrected chi connectivity index (χ4v) is 1.68. The van der Waals surface area contributed by atoms with E-state index < -0.39 is 0 Å². The van der Waals surface area contributed by atoms with Crippen LogP contribution in [0.25, 0.3) is 0 Å². The summed E-state index contributed by atoms with van der Waals surface area (Å²) in [6.07, 6.45) is 0. The van der Waals surface area contributed by atoms with Crippen LogP contribution < -0.4 is 20.7 Å². The molecule has 0 bridgehead atoms. The Morgan fingerprint density at radius 1 is 1.23 bits per heavy atom. The minimum Gasteiger partial charge on any atom is -0.486 e. The van der Waals surface area contributed by atoms with Gasteiger partial charge in [-0.2, -0.15) is 15.0 Å². The van der Waals surface area contributed by atoms with Crippen molar-refractivity contribution in [3.63, 3.8) is 0 Å². The van der Waals surface area contributed by atoms with Gasteiger partial charge >= 0.3 is 0 Å². The van der Waals surface area contributed by atoms with Crippen molar-refractivity contribution in [1.29, 1.82) is 0 Å². The van der Waals surface area contributed by atoms with E-state index in [4.69, 9.17) is 10.5 Å². The van der Waals surface area contributed by atoms with Crippen molar-refractivity contribution in [3.8, 4) is 5.75 Å². The summed E-state index contributed by atoms with van der Waals surface area (Å²) in [6, 6.07) is 7.01. The third-order valence-corrected chi connectivity index (χ3v) is 2.63. The molecule has 0 spiro atoms. The van der Waals surface area contributed by atoms with Crippen LogP contribution in [-0.2, 0) is 11.4 Å². The minimum atomic E-state index is -0.120. The summed E-state index contributed by atoms with van der Waals surface area (Å²) in [5.74, 6) is 1.59. The number of hydrogen-bond donors (Lipinski definition) is 2. The maximum atomic E-state index is 10.9. The van der Waals surface area contributed by atoms with Crippen molar-refractivity contribution in [1.82, 2.24) is 15.0 Å². The Bertz CT molecular complexity index is 657. The van der Waals surface area contributed by atoms with Gasteiger partial charge in [0.1, 0.15) is 12.4 Å². The third-order valence-electron chi connectivity index (χ3n) is 2.63. The summed E-state index contributed by atoms with van der Waals surface area (Å²) in [4.78, 5) is 25.0. The van der Waals surface area contributed by atoms with E-state index in [2.05, 4.69) is 20.3 Å². The smallest absolute Gasteiger partial charge is 0.230 e. The number of nitrogens with two attached hydrogens (primary N) is 1. The van der Waals surface area contributed by atoms with E-state index in [1.807, 2.05) is 14.1 Å². The standard InChI is InChI=1S/C14H18N6O2/c1-9(21)16-10-4-6-11(7-5-10)22-8-12-17-13(15)19-14(18-12)20(2)3/h4-7H,8H2,1-3H3,(H,16,21)(H2,15,17,18,19). The first kappa shape index (κ1) is 15.5. The van der Waals surface area contributed by atoms with Gasteiger partial charge in [0.15, 0.2) is 5.82 Å². The van der Waals surface area contributed by atoms with E-state index in [-0.39, 0.29) is 18.5 Å². The number of amides is 1. The average molecular weight is 302 g/mol. The van der Waals surface area contributed by atoms with Crippen molar-refractivity contribution in [2.75, 3.05) is 30.0 Å². The van der Waals surface area contributed by atoms with Gasteiger partial charge in [0.25, 0.3) is 0 Å². The Balaban J connectivity index is 2.02. The second-order valence-electron chi connectivity index (χ2n) is 4.80. The largest absolute Gasteiger partial charge is 0.486 e. The number of rotatable bonds is 5. The number of nitrogens with one attached hydrogen (secondary N) is 1. The highest BCUT2D eigenvalue weighted by Crippen LogP contribution is 2.17. The summed E-state index contributed by atoms with van der Waals surface area (Å²) in [5, 5.41) is 2.68. The zero-order valence-corrected chi connectivity index (χ0v) is 12.7. The van der Waals surface area contributed by atoms with Crippen LogP contribution in [0.4, 0.5) is 17.6 Å². The highest BCUT2D eigenvalue weighted by molar-refractivity contribution is 5.88. The molecule has 3 N–H and O–H groups in total. The first-order chi connectivity index (χ1) is 10.4. The predicted octanol–water partition coefficient (Wildman–Crippen LogP) is 1.06. The molecule has 8 heteroatoms. The number of carbonyl (C=O) groups is 1. The van der Waals surface area contributed by atoms with Crippen LogP contribution in [0.1, 0.15) is 12.7 Å². The first-order valence-electron chi connectivity index (χ1n) is 6.62. The number of nitrogens with zero attached hydrogens (tertiary/aromatic N) is 4. The second-order valence-corrected chi connectivity index (χ2v) is 4.80. The number of nitrogen functional groups attached to an aromatic ring is 1. The Hall–Kier alpha value is -2.90. The van der Waals surface area contributed by atoms with Crippen molar-refractivity contribution >= 4 is 23.5 Å². The fourth-order valence-electron chi connectivity index (χ4n) is 1.68. The van der Waals surface area contributed by atoms with Gasteiger partial charge in [-0.3, -0.25) is 4.79 Å². The minimum absolute atomic E-state index is 0.120. The lowest BCUT2D eigenvalue weighted by molar-refractivity contribution is -0.114. The van der Waals surface area contributed by atoms with E-state index in [1.165, 1.54) is 6.92 Å². The maximum Gasteiger partial charge on any atom is 0.230 e. The third kappa shape index (κ3) is 4.30. The van der Waals surface area contributed by atoms with E-state index >= 15 is 0 Å². The maximum absolute atomic E-state index is 10.9. The molecule has 1 amide bonds. The molecule has 0 unspecified atom stereocenters. The van der Waals surface area contributed by atoms with Crippen molar-refractivity contribution in [2.45, 2.75) is 13.5 Å². The Morgan fingerprint density at radius 3 is 2.50 bits per heavy atom. The Morgan fingerprint density at radius 2 is 1.91 bits per heavy atom. The molecule has 1 heterocycles. The summed E-state index contributed by atoms with van der Waals surface area (Å²) in [7, 11) is 3.64. The highest BCUT2D eigenvalue weighted by Gasteiger charge is 2.07. The van der Waals surface area contributed by atoms with Crippen molar-refractivity contribution in [2.24, 2.45) is 0 Å². The number of anilines is 3. The summed E-state index contributed by atoms with van der Waals surface area (Å²) >= 11 is 0. The van der Waals surface area contributed by atoms with Gasteiger partial charge < -0.3 is 20.7 Å². The van der Waals surface area contributed by atoms with Gasteiger partial charge in [0.2, 0.25) is 17.8 Å². The molecule has 0 fully saturated rings. The summed E-state index contributed by atoms with van der Waals surface area (Å²) < 4.78 is 5.60. The molecule has 8 nitrogen and oxygen atoms in total. The number of carbonyl (C=O) groups excluding carboxylic acids is 1. The average Bonchev–Trinajstić information content (AvgIpc) is 2.45. The molecule has 0 aliphatic rings. The molecule has 2 rings (SSSR count). The SMILES string of the molecule is CC(=O)Nc1ccc(OCc2nc(N)nc(N(C)C)n2)cc1. The summed E-state index contributed by atoms with van der Waals surface area (Å²) in [5.41, 5.74) is 6.36. The van der Waals surface area contributed by atoms with Crippen molar-refractivity contribution < 1.29 is 9.53 Å². The molecule has 22 heavy (non-hydrogen) atoms. The number of ether oxygens (including phenoxy) is 1. The lowest BCUT2D eigenvalue weighted by Crippen LogP contribution is -2.16. The monoisotopic (exact) mass is 302 g/mol. The van der Waals surface area contributed by atoms with Crippen molar-refractivity contribution in [3.05, 3.63) is 30.1 Å². The zero-order valence-electron chi connectivity index (χ0n) is 12.7.